The highest BCUT2D eigenvalue weighted by Gasteiger charge is 2.18. The first-order valence-electron chi connectivity index (χ1n) is 9.19. The SMILES string of the molecule is O=C(CCNS(=O)(=O)c1ccc(F)cc1)Nc1ccc2c(c1)Cc1ccccc1-2. The third kappa shape index (κ3) is 4.21. The summed E-state index contributed by atoms with van der Waals surface area (Å²) in [6.07, 6.45) is 0.810. The van der Waals surface area contributed by atoms with Gasteiger partial charge in [0.2, 0.25) is 15.9 Å². The Hall–Kier alpha value is -3.03. The van der Waals surface area contributed by atoms with Crippen molar-refractivity contribution in [1.82, 2.24) is 4.72 Å². The minimum absolute atomic E-state index is 0.0161. The second-order valence-electron chi connectivity index (χ2n) is 6.86. The largest absolute Gasteiger partial charge is 0.326 e. The van der Waals surface area contributed by atoms with Crippen molar-refractivity contribution in [3.8, 4) is 11.1 Å². The van der Waals surface area contributed by atoms with E-state index in [0.717, 1.165) is 24.1 Å². The summed E-state index contributed by atoms with van der Waals surface area (Å²) in [7, 11) is -3.78. The van der Waals surface area contributed by atoms with Crippen LogP contribution in [0.15, 0.2) is 71.6 Å². The maximum absolute atomic E-state index is 12.9. The number of fused-ring (bicyclic) bond motifs is 3. The Labute approximate surface area is 168 Å². The number of benzene rings is 3. The molecule has 0 heterocycles. The van der Waals surface area contributed by atoms with Gasteiger partial charge in [0.25, 0.3) is 0 Å². The molecule has 0 bridgehead atoms. The first-order valence-corrected chi connectivity index (χ1v) is 10.7. The van der Waals surface area contributed by atoms with Crippen LogP contribution in [0, 0.1) is 5.82 Å². The molecule has 0 radical (unpaired) electrons. The van der Waals surface area contributed by atoms with Crippen molar-refractivity contribution in [3.63, 3.8) is 0 Å². The lowest BCUT2D eigenvalue weighted by Crippen LogP contribution is -2.27. The predicted molar refractivity (Wildman–Crippen MR) is 110 cm³/mol. The van der Waals surface area contributed by atoms with Crippen molar-refractivity contribution in [2.24, 2.45) is 0 Å². The molecule has 0 fully saturated rings. The van der Waals surface area contributed by atoms with Crippen LogP contribution in [0.25, 0.3) is 11.1 Å². The van der Waals surface area contributed by atoms with Crippen molar-refractivity contribution in [3.05, 3.63) is 83.7 Å². The zero-order valence-corrected chi connectivity index (χ0v) is 16.3. The van der Waals surface area contributed by atoms with E-state index >= 15 is 0 Å². The molecular weight excluding hydrogens is 391 g/mol. The molecule has 4 rings (SSSR count). The van der Waals surface area contributed by atoms with Crippen LogP contribution in [0.2, 0.25) is 0 Å². The van der Waals surface area contributed by atoms with E-state index in [-0.39, 0.29) is 23.8 Å². The van der Waals surface area contributed by atoms with Crippen LogP contribution >= 0.6 is 0 Å². The molecule has 0 aliphatic heterocycles. The Morgan fingerprint density at radius 1 is 0.931 bits per heavy atom. The Bertz CT molecular complexity index is 1170. The molecule has 2 N–H and O–H groups in total. The molecule has 0 aromatic heterocycles. The summed E-state index contributed by atoms with van der Waals surface area (Å²) in [4.78, 5) is 12.2. The normalized spacial score (nSPS) is 12.3. The number of carbonyl (C=O) groups excluding carboxylic acids is 1. The Morgan fingerprint density at radius 3 is 2.45 bits per heavy atom. The van der Waals surface area contributed by atoms with Gasteiger partial charge in [0.05, 0.1) is 4.90 Å². The van der Waals surface area contributed by atoms with Gasteiger partial charge in [0, 0.05) is 18.7 Å². The van der Waals surface area contributed by atoms with Crippen molar-refractivity contribution in [2.75, 3.05) is 11.9 Å². The number of hydrogen-bond donors (Lipinski definition) is 2. The Balaban J connectivity index is 1.34. The summed E-state index contributed by atoms with van der Waals surface area (Å²) in [5.41, 5.74) is 5.49. The van der Waals surface area contributed by atoms with E-state index in [9.17, 15) is 17.6 Å². The van der Waals surface area contributed by atoms with E-state index in [4.69, 9.17) is 0 Å². The topological polar surface area (TPSA) is 75.3 Å². The molecule has 1 aliphatic rings. The van der Waals surface area contributed by atoms with Crippen LogP contribution in [0.1, 0.15) is 17.5 Å². The van der Waals surface area contributed by atoms with Gasteiger partial charge in [-0.25, -0.2) is 17.5 Å². The highest BCUT2D eigenvalue weighted by molar-refractivity contribution is 7.89. The van der Waals surface area contributed by atoms with Gasteiger partial charge >= 0.3 is 0 Å². The van der Waals surface area contributed by atoms with E-state index < -0.39 is 15.8 Å². The lowest BCUT2D eigenvalue weighted by Gasteiger charge is -2.09. The van der Waals surface area contributed by atoms with Gasteiger partial charge in [-0.1, -0.05) is 30.3 Å². The fourth-order valence-corrected chi connectivity index (χ4v) is 4.47. The van der Waals surface area contributed by atoms with Crippen LogP contribution in [0.4, 0.5) is 10.1 Å². The number of nitrogens with one attached hydrogen (secondary N) is 2. The predicted octanol–water partition coefficient (Wildman–Crippen LogP) is 3.70. The second kappa shape index (κ2) is 7.77. The average Bonchev–Trinajstić information content (AvgIpc) is 3.06. The highest BCUT2D eigenvalue weighted by atomic mass is 32.2. The summed E-state index contributed by atoms with van der Waals surface area (Å²) in [6, 6.07) is 18.5. The molecule has 0 saturated carbocycles. The molecule has 1 amide bonds. The molecule has 5 nitrogen and oxygen atoms in total. The van der Waals surface area contributed by atoms with Crippen molar-refractivity contribution in [1.29, 1.82) is 0 Å². The first-order chi connectivity index (χ1) is 13.9. The molecular formula is C22H19FN2O3S. The Kier molecular flexibility index (Phi) is 5.17. The summed E-state index contributed by atoms with van der Waals surface area (Å²) in [5.74, 6) is -0.803. The van der Waals surface area contributed by atoms with Crippen LogP contribution in [0.3, 0.4) is 0 Å². The molecule has 148 valence electrons. The molecule has 0 saturated heterocycles. The summed E-state index contributed by atoms with van der Waals surface area (Å²) >= 11 is 0. The minimum Gasteiger partial charge on any atom is -0.326 e. The van der Waals surface area contributed by atoms with Gasteiger partial charge < -0.3 is 5.32 Å². The van der Waals surface area contributed by atoms with E-state index in [1.54, 1.807) is 0 Å². The number of anilines is 1. The van der Waals surface area contributed by atoms with Gasteiger partial charge in [-0.05, 0) is 65.1 Å². The van der Waals surface area contributed by atoms with Crippen molar-refractivity contribution in [2.45, 2.75) is 17.7 Å². The van der Waals surface area contributed by atoms with Gasteiger partial charge in [-0.3, -0.25) is 4.79 Å². The van der Waals surface area contributed by atoms with E-state index in [1.807, 2.05) is 30.3 Å². The maximum atomic E-state index is 12.9. The lowest BCUT2D eigenvalue weighted by atomic mass is 10.1. The standard InChI is InChI=1S/C22H19FN2O3S/c23-17-5-8-19(9-6-17)29(27,28)24-12-11-22(26)25-18-7-10-21-16(14-18)13-15-3-1-2-4-20(15)21/h1-10,14,24H,11-13H2,(H,25,26). The van der Waals surface area contributed by atoms with E-state index in [2.05, 4.69) is 22.2 Å². The number of amides is 1. The van der Waals surface area contributed by atoms with Gasteiger partial charge in [0.15, 0.2) is 0 Å². The van der Waals surface area contributed by atoms with E-state index in [0.29, 0.717) is 5.69 Å². The summed E-state index contributed by atoms with van der Waals surface area (Å²) < 4.78 is 39.6. The quantitative estimate of drug-likeness (QED) is 0.509. The molecule has 29 heavy (non-hydrogen) atoms. The number of hydrogen-bond acceptors (Lipinski definition) is 3. The lowest BCUT2D eigenvalue weighted by molar-refractivity contribution is -0.116. The number of halogens is 1. The fourth-order valence-electron chi connectivity index (χ4n) is 3.44. The monoisotopic (exact) mass is 410 g/mol. The molecule has 3 aromatic carbocycles. The third-order valence-corrected chi connectivity index (χ3v) is 6.32. The molecule has 1 aliphatic carbocycles. The van der Waals surface area contributed by atoms with Gasteiger partial charge in [-0.2, -0.15) is 0 Å². The van der Waals surface area contributed by atoms with Crippen LogP contribution in [0.5, 0.6) is 0 Å². The summed E-state index contributed by atoms with van der Waals surface area (Å²) in [5, 5.41) is 2.81. The zero-order chi connectivity index (χ0) is 20.4. The highest BCUT2D eigenvalue weighted by Crippen LogP contribution is 2.37. The van der Waals surface area contributed by atoms with Gasteiger partial charge in [0.1, 0.15) is 5.82 Å². The number of sulfonamides is 1. The van der Waals surface area contributed by atoms with Crippen LogP contribution in [-0.2, 0) is 21.2 Å². The average molecular weight is 410 g/mol. The molecule has 0 spiro atoms. The smallest absolute Gasteiger partial charge is 0.240 e. The molecule has 0 atom stereocenters. The first kappa shape index (κ1) is 19.3. The number of carbonyl (C=O) groups is 1. The molecule has 0 unspecified atom stereocenters. The number of rotatable bonds is 6. The molecule has 7 heteroatoms. The Morgan fingerprint density at radius 2 is 1.66 bits per heavy atom. The van der Waals surface area contributed by atoms with E-state index in [1.165, 1.54) is 28.8 Å². The fraction of sp³-hybridized carbons (Fsp3) is 0.136. The second-order valence-corrected chi connectivity index (χ2v) is 8.62. The molecule has 3 aromatic rings. The minimum atomic E-state index is -3.78. The van der Waals surface area contributed by atoms with Crippen molar-refractivity contribution >= 4 is 21.6 Å². The van der Waals surface area contributed by atoms with Gasteiger partial charge in [-0.15, -0.1) is 0 Å². The third-order valence-electron chi connectivity index (χ3n) is 4.85. The summed E-state index contributed by atoms with van der Waals surface area (Å²) in [6.45, 7) is -0.0536. The zero-order valence-electron chi connectivity index (χ0n) is 15.5. The van der Waals surface area contributed by atoms with Crippen LogP contribution < -0.4 is 10.0 Å². The van der Waals surface area contributed by atoms with Crippen LogP contribution in [-0.4, -0.2) is 20.9 Å². The maximum Gasteiger partial charge on any atom is 0.240 e. The van der Waals surface area contributed by atoms with Crippen molar-refractivity contribution < 1.29 is 17.6 Å².